The Morgan fingerprint density at radius 2 is 2.00 bits per heavy atom. The van der Waals surface area contributed by atoms with Crippen LogP contribution < -0.4 is 4.72 Å². The first-order valence-corrected chi connectivity index (χ1v) is 9.30. The third-order valence-corrected chi connectivity index (χ3v) is 5.97. The van der Waals surface area contributed by atoms with Gasteiger partial charge in [-0.3, -0.25) is 0 Å². The number of terminal acetylenes is 1. The van der Waals surface area contributed by atoms with Crippen LogP contribution in [-0.4, -0.2) is 19.7 Å². The first-order valence-electron chi connectivity index (χ1n) is 7.82. The molecule has 2 rings (SSSR count). The van der Waals surface area contributed by atoms with Gasteiger partial charge in [-0.15, -0.1) is 6.42 Å². The van der Waals surface area contributed by atoms with Crippen LogP contribution in [0.1, 0.15) is 32.3 Å². The van der Waals surface area contributed by atoms with Gasteiger partial charge in [0.1, 0.15) is 0 Å². The summed E-state index contributed by atoms with van der Waals surface area (Å²) in [6.07, 6.45) is 12.0. The second kappa shape index (κ2) is 7.16. The van der Waals surface area contributed by atoms with Gasteiger partial charge in [-0.25, -0.2) is 13.1 Å². The Morgan fingerprint density at radius 3 is 2.52 bits per heavy atom. The van der Waals surface area contributed by atoms with Crippen molar-refractivity contribution in [1.29, 1.82) is 0 Å². The van der Waals surface area contributed by atoms with Crippen LogP contribution in [0.2, 0.25) is 0 Å². The summed E-state index contributed by atoms with van der Waals surface area (Å²) in [6.45, 7) is 4.52. The van der Waals surface area contributed by atoms with Crippen molar-refractivity contribution in [3.05, 3.63) is 54.1 Å². The lowest BCUT2D eigenvalue weighted by atomic mass is 9.93. The van der Waals surface area contributed by atoms with Gasteiger partial charge in [-0.2, -0.15) is 0 Å². The predicted molar refractivity (Wildman–Crippen MR) is 96.1 cm³/mol. The summed E-state index contributed by atoms with van der Waals surface area (Å²) in [5.74, 6) is 2.92. The van der Waals surface area contributed by atoms with E-state index in [2.05, 4.69) is 24.5 Å². The molecule has 1 N–H and O–H groups in total. The van der Waals surface area contributed by atoms with Crippen LogP contribution in [0.4, 0.5) is 0 Å². The Bertz CT molecular complexity index is 739. The Balaban J connectivity index is 2.17. The van der Waals surface area contributed by atoms with E-state index in [0.717, 1.165) is 17.6 Å². The fourth-order valence-electron chi connectivity index (χ4n) is 2.46. The largest absolute Gasteiger partial charge is 0.232 e. The van der Waals surface area contributed by atoms with Crippen molar-refractivity contribution in [1.82, 2.24) is 4.72 Å². The normalized spacial score (nSPS) is 21.0. The quantitative estimate of drug-likeness (QED) is 0.813. The molecule has 1 unspecified atom stereocenters. The van der Waals surface area contributed by atoms with Crippen LogP contribution in [0.25, 0.3) is 5.57 Å². The molecule has 4 heteroatoms. The first kappa shape index (κ1) is 17.5. The summed E-state index contributed by atoms with van der Waals surface area (Å²) in [6, 6.07) is 9.85. The third kappa shape index (κ3) is 3.93. The minimum atomic E-state index is -3.61. The topological polar surface area (TPSA) is 46.2 Å². The molecule has 0 spiro atoms. The average molecular weight is 329 g/mol. The highest BCUT2D eigenvalue weighted by atomic mass is 32.2. The highest BCUT2D eigenvalue weighted by Gasteiger charge is 2.40. The number of hydrogen-bond acceptors (Lipinski definition) is 2. The fraction of sp³-hybridized carbons (Fsp3) is 0.368. The lowest BCUT2D eigenvalue weighted by Crippen LogP contribution is -2.44. The molecule has 0 aliphatic heterocycles. The molecular weight excluding hydrogens is 306 g/mol. The Hall–Kier alpha value is -1.83. The number of nitrogens with one attached hydrogen (secondary N) is 1. The van der Waals surface area contributed by atoms with Gasteiger partial charge in [0.25, 0.3) is 0 Å². The SMILES string of the molecule is C#CC1(S(=O)(=O)NCCC(C)C)C=CC(c2ccccc2)=CC1. The fourth-order valence-corrected chi connectivity index (χ4v) is 3.81. The van der Waals surface area contributed by atoms with E-state index in [0.29, 0.717) is 12.5 Å². The van der Waals surface area contributed by atoms with Crippen molar-refractivity contribution in [3.63, 3.8) is 0 Å². The van der Waals surface area contributed by atoms with Gasteiger partial charge in [-0.1, -0.05) is 62.3 Å². The van der Waals surface area contributed by atoms with E-state index in [4.69, 9.17) is 6.42 Å². The van der Waals surface area contributed by atoms with E-state index in [1.165, 1.54) is 0 Å². The number of sulfonamides is 1. The van der Waals surface area contributed by atoms with Crippen molar-refractivity contribution < 1.29 is 8.42 Å². The van der Waals surface area contributed by atoms with Crippen molar-refractivity contribution in [3.8, 4) is 12.3 Å². The molecule has 0 amide bonds. The molecule has 0 bridgehead atoms. The first-order chi connectivity index (χ1) is 10.9. The Labute approximate surface area is 139 Å². The zero-order chi connectivity index (χ0) is 16.9. The van der Waals surface area contributed by atoms with Crippen LogP contribution in [0, 0.1) is 18.3 Å². The minimum Gasteiger partial charge on any atom is -0.214 e. The molecule has 23 heavy (non-hydrogen) atoms. The molecule has 0 saturated heterocycles. The van der Waals surface area contributed by atoms with Gasteiger partial charge < -0.3 is 0 Å². The van der Waals surface area contributed by atoms with E-state index in [-0.39, 0.29) is 6.42 Å². The molecule has 1 aliphatic rings. The van der Waals surface area contributed by atoms with Crippen LogP contribution in [0.5, 0.6) is 0 Å². The lowest BCUT2D eigenvalue weighted by molar-refractivity contribution is 0.539. The van der Waals surface area contributed by atoms with Crippen LogP contribution in [-0.2, 0) is 10.0 Å². The number of hydrogen-bond donors (Lipinski definition) is 1. The Morgan fingerprint density at radius 1 is 1.30 bits per heavy atom. The maximum absolute atomic E-state index is 12.6. The highest BCUT2D eigenvalue weighted by Crippen LogP contribution is 2.31. The van der Waals surface area contributed by atoms with E-state index in [1.54, 1.807) is 12.2 Å². The summed E-state index contributed by atoms with van der Waals surface area (Å²) >= 11 is 0. The highest BCUT2D eigenvalue weighted by molar-refractivity contribution is 7.91. The molecule has 0 heterocycles. The summed E-state index contributed by atoms with van der Waals surface area (Å²) in [5.41, 5.74) is 2.05. The zero-order valence-electron chi connectivity index (χ0n) is 13.6. The number of allylic oxidation sites excluding steroid dienone is 3. The lowest BCUT2D eigenvalue weighted by Gasteiger charge is -2.27. The molecule has 1 aromatic carbocycles. The van der Waals surface area contributed by atoms with E-state index < -0.39 is 14.8 Å². The molecule has 1 aliphatic carbocycles. The minimum absolute atomic E-state index is 0.279. The van der Waals surface area contributed by atoms with E-state index in [9.17, 15) is 8.42 Å². The van der Waals surface area contributed by atoms with Gasteiger partial charge >= 0.3 is 0 Å². The molecule has 122 valence electrons. The molecule has 0 radical (unpaired) electrons. The monoisotopic (exact) mass is 329 g/mol. The Kier molecular flexibility index (Phi) is 5.46. The van der Waals surface area contributed by atoms with E-state index >= 15 is 0 Å². The number of benzene rings is 1. The second-order valence-electron chi connectivity index (χ2n) is 6.18. The zero-order valence-corrected chi connectivity index (χ0v) is 14.4. The average Bonchev–Trinajstić information content (AvgIpc) is 2.55. The van der Waals surface area contributed by atoms with Crippen molar-refractivity contribution in [2.45, 2.75) is 31.4 Å². The summed E-state index contributed by atoms with van der Waals surface area (Å²) in [4.78, 5) is 0. The maximum atomic E-state index is 12.6. The van der Waals surface area contributed by atoms with Gasteiger partial charge in [0, 0.05) is 13.0 Å². The van der Waals surface area contributed by atoms with Crippen LogP contribution in [0.15, 0.2) is 48.6 Å². The van der Waals surface area contributed by atoms with Crippen molar-refractivity contribution >= 4 is 15.6 Å². The second-order valence-corrected chi connectivity index (χ2v) is 8.20. The molecule has 0 saturated carbocycles. The molecule has 3 nitrogen and oxygen atoms in total. The third-order valence-electron chi connectivity index (χ3n) is 4.00. The maximum Gasteiger partial charge on any atom is 0.232 e. The van der Waals surface area contributed by atoms with Crippen molar-refractivity contribution in [2.24, 2.45) is 5.92 Å². The molecule has 0 aromatic heterocycles. The van der Waals surface area contributed by atoms with Gasteiger partial charge in [-0.05, 0) is 29.6 Å². The molecule has 1 aromatic rings. The van der Waals surface area contributed by atoms with Gasteiger partial charge in [0.05, 0.1) is 0 Å². The van der Waals surface area contributed by atoms with Gasteiger partial charge in [0.2, 0.25) is 10.0 Å². The molecule has 0 fully saturated rings. The predicted octanol–water partition coefficient (Wildman–Crippen LogP) is 3.37. The number of rotatable bonds is 6. The van der Waals surface area contributed by atoms with Crippen LogP contribution in [0.3, 0.4) is 0 Å². The molecular formula is C19H23NO2S. The van der Waals surface area contributed by atoms with E-state index in [1.807, 2.05) is 36.4 Å². The summed E-state index contributed by atoms with van der Waals surface area (Å²) < 4.78 is 26.6. The van der Waals surface area contributed by atoms with Crippen molar-refractivity contribution in [2.75, 3.05) is 6.54 Å². The summed E-state index contributed by atoms with van der Waals surface area (Å²) in [5, 5.41) is 0. The smallest absolute Gasteiger partial charge is 0.214 e. The summed E-state index contributed by atoms with van der Waals surface area (Å²) in [7, 11) is -3.61. The van der Waals surface area contributed by atoms with Gasteiger partial charge in [0.15, 0.2) is 4.75 Å². The standard InChI is InChI=1S/C19H23NO2S/c1-4-19(23(21,22)20-15-12-16(2)3)13-10-18(11-14-19)17-8-6-5-7-9-17/h1,5-11,13,16,20H,12,14-15H2,2-3H3. The molecule has 1 atom stereocenters. The van der Waals surface area contributed by atoms with Crippen LogP contribution >= 0.6 is 0 Å².